The molecule has 1 nitrogen and oxygen atoms in total. The largest absolute Gasteiger partial charge is 0.390 e. The Morgan fingerprint density at radius 3 is 2.75 bits per heavy atom. The summed E-state index contributed by atoms with van der Waals surface area (Å²) in [4.78, 5) is 0. The van der Waals surface area contributed by atoms with Crippen molar-refractivity contribution in [3.05, 3.63) is 23.6 Å². The van der Waals surface area contributed by atoms with Crippen LogP contribution >= 0.6 is 11.3 Å². The van der Waals surface area contributed by atoms with Crippen LogP contribution in [0.1, 0.15) is 5.56 Å². The predicted molar refractivity (Wildman–Crippen MR) is 38.8 cm³/mol. The lowest BCUT2D eigenvalue weighted by Crippen LogP contribution is -1.78. The Morgan fingerprint density at radius 2 is 2.50 bits per heavy atom. The highest BCUT2D eigenvalue weighted by atomic mass is 32.1. The van der Waals surface area contributed by atoms with Crippen molar-refractivity contribution in [1.82, 2.24) is 0 Å². The molecule has 2 N–H and O–H groups in total. The van der Waals surface area contributed by atoms with Gasteiger partial charge in [-0.1, -0.05) is 12.7 Å². The zero-order valence-electron chi connectivity index (χ0n) is 4.42. The highest BCUT2D eigenvalue weighted by Gasteiger charge is 1.90. The number of nitrogen functional groups attached to an aromatic ring is 1. The lowest BCUT2D eigenvalue weighted by Gasteiger charge is -1.83. The smallest absolute Gasteiger partial charge is 0.0929 e. The van der Waals surface area contributed by atoms with Gasteiger partial charge < -0.3 is 5.73 Å². The van der Waals surface area contributed by atoms with Crippen molar-refractivity contribution < 1.29 is 0 Å². The van der Waals surface area contributed by atoms with Crippen LogP contribution in [0.3, 0.4) is 0 Å². The molecule has 0 saturated heterocycles. The van der Waals surface area contributed by atoms with E-state index in [1.165, 1.54) is 11.3 Å². The van der Waals surface area contributed by atoms with Gasteiger partial charge in [-0.05, 0) is 11.4 Å². The van der Waals surface area contributed by atoms with Gasteiger partial charge in [0.1, 0.15) is 0 Å². The van der Waals surface area contributed by atoms with Crippen LogP contribution in [0.15, 0.2) is 18.0 Å². The summed E-state index contributed by atoms with van der Waals surface area (Å²) in [6.07, 6.45) is 1.76. The minimum atomic E-state index is 0.847. The Balaban J connectivity index is 3.09. The average Bonchev–Trinajstić information content (AvgIpc) is 2.14. The third kappa shape index (κ3) is 0.746. The zero-order chi connectivity index (χ0) is 5.98. The number of hydrogen-bond acceptors (Lipinski definition) is 2. The summed E-state index contributed by atoms with van der Waals surface area (Å²) in [5.41, 5.74) is 6.54. The first-order chi connectivity index (χ1) is 3.84. The molecule has 0 bridgehead atoms. The van der Waals surface area contributed by atoms with E-state index >= 15 is 0 Å². The van der Waals surface area contributed by atoms with Crippen molar-refractivity contribution in [2.45, 2.75) is 0 Å². The van der Waals surface area contributed by atoms with Crippen molar-refractivity contribution in [2.75, 3.05) is 5.73 Å². The summed E-state index contributed by atoms with van der Waals surface area (Å²) in [5, 5.41) is 2.80. The van der Waals surface area contributed by atoms with E-state index in [1.54, 1.807) is 6.08 Å². The van der Waals surface area contributed by atoms with E-state index in [9.17, 15) is 0 Å². The second-order valence-corrected chi connectivity index (χ2v) is 2.39. The molecule has 1 aromatic rings. The summed E-state index contributed by atoms with van der Waals surface area (Å²) in [6, 6.07) is 1.95. The molecule has 8 heavy (non-hydrogen) atoms. The maximum atomic E-state index is 5.50. The summed E-state index contributed by atoms with van der Waals surface area (Å²) in [7, 11) is 0. The van der Waals surface area contributed by atoms with Crippen LogP contribution in [0, 0.1) is 0 Å². The molecule has 0 radical (unpaired) electrons. The first-order valence-electron chi connectivity index (χ1n) is 2.30. The van der Waals surface area contributed by atoms with Crippen molar-refractivity contribution >= 4 is 22.4 Å². The summed E-state index contributed by atoms with van der Waals surface area (Å²) in [6.45, 7) is 3.59. The first kappa shape index (κ1) is 5.38. The van der Waals surface area contributed by atoms with Gasteiger partial charge in [0.2, 0.25) is 0 Å². The van der Waals surface area contributed by atoms with Crippen molar-refractivity contribution in [2.24, 2.45) is 0 Å². The minimum Gasteiger partial charge on any atom is -0.390 e. The van der Waals surface area contributed by atoms with Crippen LogP contribution in [0.4, 0.5) is 5.00 Å². The van der Waals surface area contributed by atoms with Crippen molar-refractivity contribution in [3.63, 3.8) is 0 Å². The summed E-state index contributed by atoms with van der Waals surface area (Å²) < 4.78 is 0. The maximum Gasteiger partial charge on any atom is 0.0929 e. The van der Waals surface area contributed by atoms with Crippen LogP contribution in [0.2, 0.25) is 0 Å². The second kappa shape index (κ2) is 2.01. The van der Waals surface area contributed by atoms with Gasteiger partial charge in [0.25, 0.3) is 0 Å². The number of nitrogens with two attached hydrogens (primary N) is 1. The van der Waals surface area contributed by atoms with E-state index in [0.717, 1.165) is 10.6 Å². The molecular formula is C6H7NS. The third-order valence-corrected chi connectivity index (χ3v) is 1.71. The van der Waals surface area contributed by atoms with Gasteiger partial charge in [-0.2, -0.15) is 0 Å². The predicted octanol–water partition coefficient (Wildman–Crippen LogP) is 1.97. The molecule has 0 unspecified atom stereocenters. The van der Waals surface area contributed by atoms with Crippen LogP contribution in [0.5, 0.6) is 0 Å². The van der Waals surface area contributed by atoms with Gasteiger partial charge in [-0.25, -0.2) is 0 Å². The molecule has 0 saturated carbocycles. The Morgan fingerprint density at radius 1 is 1.75 bits per heavy atom. The highest BCUT2D eigenvalue weighted by Crippen LogP contribution is 2.18. The second-order valence-electron chi connectivity index (χ2n) is 1.44. The normalized spacial score (nSPS) is 9.00. The lowest BCUT2D eigenvalue weighted by atomic mass is 10.3. The van der Waals surface area contributed by atoms with E-state index in [0.29, 0.717) is 0 Å². The fourth-order valence-electron chi connectivity index (χ4n) is 0.499. The molecule has 0 fully saturated rings. The maximum absolute atomic E-state index is 5.50. The van der Waals surface area contributed by atoms with Crippen LogP contribution in [-0.2, 0) is 0 Å². The van der Waals surface area contributed by atoms with Gasteiger partial charge in [0.15, 0.2) is 0 Å². The lowest BCUT2D eigenvalue weighted by molar-refractivity contribution is 1.85. The fraction of sp³-hybridized carbons (Fsp3) is 0. The monoisotopic (exact) mass is 125 g/mol. The Bertz CT molecular complexity index is 190. The molecule has 0 aliphatic carbocycles. The molecule has 0 aliphatic rings. The SMILES string of the molecule is C=Cc1ccsc1N. The van der Waals surface area contributed by atoms with Gasteiger partial charge in [0.05, 0.1) is 5.00 Å². The fourth-order valence-corrected chi connectivity index (χ4v) is 1.15. The Labute approximate surface area is 52.5 Å². The number of thiophene rings is 1. The molecule has 42 valence electrons. The molecule has 0 amide bonds. The Hall–Kier alpha value is -0.760. The van der Waals surface area contributed by atoms with E-state index < -0.39 is 0 Å². The highest BCUT2D eigenvalue weighted by molar-refractivity contribution is 7.14. The number of hydrogen-bond donors (Lipinski definition) is 1. The first-order valence-corrected chi connectivity index (χ1v) is 3.18. The minimum absolute atomic E-state index is 0.847. The molecule has 1 rings (SSSR count). The van der Waals surface area contributed by atoms with Gasteiger partial charge in [-0.3, -0.25) is 0 Å². The van der Waals surface area contributed by atoms with Crippen LogP contribution in [-0.4, -0.2) is 0 Å². The van der Waals surface area contributed by atoms with Crippen LogP contribution < -0.4 is 5.73 Å². The van der Waals surface area contributed by atoms with E-state index in [4.69, 9.17) is 5.73 Å². The molecule has 0 atom stereocenters. The molecule has 0 spiro atoms. The van der Waals surface area contributed by atoms with Gasteiger partial charge in [0, 0.05) is 5.56 Å². The van der Waals surface area contributed by atoms with E-state index in [-0.39, 0.29) is 0 Å². The third-order valence-electron chi connectivity index (χ3n) is 0.947. The molecular weight excluding hydrogens is 118 g/mol. The average molecular weight is 125 g/mol. The zero-order valence-corrected chi connectivity index (χ0v) is 5.24. The van der Waals surface area contributed by atoms with E-state index in [2.05, 4.69) is 6.58 Å². The van der Waals surface area contributed by atoms with Gasteiger partial charge >= 0.3 is 0 Å². The summed E-state index contributed by atoms with van der Waals surface area (Å²) >= 11 is 1.54. The number of anilines is 1. The molecule has 0 aromatic carbocycles. The molecule has 1 aromatic heterocycles. The van der Waals surface area contributed by atoms with Crippen molar-refractivity contribution in [1.29, 1.82) is 0 Å². The topological polar surface area (TPSA) is 26.0 Å². The standard InChI is InChI=1S/C6H7NS/c1-2-5-3-4-8-6(5)7/h2-4H,1,7H2. The number of rotatable bonds is 1. The summed E-state index contributed by atoms with van der Waals surface area (Å²) in [5.74, 6) is 0. The van der Waals surface area contributed by atoms with Crippen molar-refractivity contribution in [3.8, 4) is 0 Å². The molecule has 1 heterocycles. The van der Waals surface area contributed by atoms with Gasteiger partial charge in [-0.15, -0.1) is 11.3 Å². The molecule has 0 aliphatic heterocycles. The quantitative estimate of drug-likeness (QED) is 0.610. The van der Waals surface area contributed by atoms with Crippen LogP contribution in [0.25, 0.3) is 6.08 Å². The molecule has 2 heteroatoms. The Kier molecular flexibility index (Phi) is 1.35. The van der Waals surface area contributed by atoms with E-state index in [1.807, 2.05) is 11.4 Å².